The zero-order valence-corrected chi connectivity index (χ0v) is 23.3. The van der Waals surface area contributed by atoms with Gasteiger partial charge in [0.05, 0.1) is 30.0 Å². The smallest absolute Gasteiger partial charge is 0.271 e. The zero-order valence-electron chi connectivity index (χ0n) is 20.9. The maximum absolute atomic E-state index is 13.9. The molecule has 0 saturated heterocycles. The number of amides is 1. The minimum Gasteiger partial charge on any atom is -0.496 e. The van der Waals surface area contributed by atoms with Gasteiger partial charge in [0, 0.05) is 28.7 Å². The van der Waals surface area contributed by atoms with E-state index >= 15 is 0 Å². The highest BCUT2D eigenvalue weighted by Crippen LogP contribution is 2.36. The van der Waals surface area contributed by atoms with E-state index in [9.17, 15) is 9.59 Å². The summed E-state index contributed by atoms with van der Waals surface area (Å²) in [5.41, 5.74) is 2.34. The number of carbonyl (C=O) groups is 1. The first kappa shape index (κ1) is 25.9. The number of allylic oxidation sites excluding steroid dienone is 1. The fourth-order valence-corrected chi connectivity index (χ4v) is 5.84. The lowest BCUT2D eigenvalue weighted by Crippen LogP contribution is -2.43. The molecule has 0 radical (unpaired) electrons. The van der Waals surface area contributed by atoms with Gasteiger partial charge in [-0.2, -0.15) is 0 Å². The number of aromatic nitrogens is 1. The number of ether oxygens (including phenoxy) is 2. The minimum absolute atomic E-state index is 0.139. The number of likely N-dealkylation sites (N-methyl/N-ethyl adjacent to an activating group) is 1. The third-order valence-electron chi connectivity index (χ3n) is 6.21. The molecule has 4 rings (SSSR count). The number of benzene rings is 2. The highest BCUT2D eigenvalue weighted by atomic mass is 79.9. The molecule has 1 amide bonds. The van der Waals surface area contributed by atoms with E-state index in [0.717, 1.165) is 15.6 Å². The molecule has 1 aromatic heterocycles. The molecule has 9 heteroatoms. The predicted octanol–water partition coefficient (Wildman–Crippen LogP) is 3.88. The fraction of sp³-hybridized carbons (Fsp3) is 0.296. The molecular weight excluding hydrogens is 542 g/mol. The third kappa shape index (κ3) is 4.65. The van der Waals surface area contributed by atoms with Crippen molar-refractivity contribution in [3.05, 3.63) is 89.0 Å². The first-order valence-corrected chi connectivity index (χ1v) is 13.2. The Morgan fingerprint density at radius 3 is 2.50 bits per heavy atom. The van der Waals surface area contributed by atoms with Gasteiger partial charge >= 0.3 is 0 Å². The molecule has 2 aromatic carbocycles. The van der Waals surface area contributed by atoms with Gasteiger partial charge in [-0.3, -0.25) is 14.2 Å². The highest BCUT2D eigenvalue weighted by Gasteiger charge is 2.35. The molecule has 2 heterocycles. The van der Waals surface area contributed by atoms with E-state index in [0.29, 0.717) is 45.2 Å². The summed E-state index contributed by atoms with van der Waals surface area (Å²) < 4.78 is 14.1. The van der Waals surface area contributed by atoms with Crippen molar-refractivity contribution < 1.29 is 14.3 Å². The van der Waals surface area contributed by atoms with Crippen LogP contribution in [0.4, 0.5) is 0 Å². The Bertz CT molecular complexity index is 1520. The second-order valence-electron chi connectivity index (χ2n) is 8.19. The first-order valence-electron chi connectivity index (χ1n) is 11.6. The molecule has 1 atom stereocenters. The van der Waals surface area contributed by atoms with Crippen molar-refractivity contribution in [3.63, 3.8) is 0 Å². The van der Waals surface area contributed by atoms with Gasteiger partial charge in [0.1, 0.15) is 17.5 Å². The van der Waals surface area contributed by atoms with Crippen LogP contribution >= 0.6 is 27.3 Å². The second kappa shape index (κ2) is 10.8. The Labute approximate surface area is 222 Å². The van der Waals surface area contributed by atoms with Crippen LogP contribution in [-0.4, -0.2) is 42.7 Å². The number of hydrogen-bond donors (Lipinski definition) is 0. The van der Waals surface area contributed by atoms with Gasteiger partial charge in [0.25, 0.3) is 11.5 Å². The normalized spacial score (nSPS) is 15.4. The van der Waals surface area contributed by atoms with Crippen LogP contribution in [0, 0.1) is 0 Å². The van der Waals surface area contributed by atoms with E-state index in [4.69, 9.17) is 14.5 Å². The molecule has 1 aliphatic heterocycles. The number of para-hydroxylation sites is 1. The Balaban J connectivity index is 2.02. The molecule has 1 aliphatic rings. The summed E-state index contributed by atoms with van der Waals surface area (Å²) in [6.45, 7) is 6.81. The lowest BCUT2D eigenvalue weighted by atomic mass is 9.94. The van der Waals surface area contributed by atoms with Gasteiger partial charge in [-0.15, -0.1) is 0 Å². The van der Waals surface area contributed by atoms with Crippen LogP contribution < -0.4 is 24.4 Å². The summed E-state index contributed by atoms with van der Waals surface area (Å²) in [5, 5.41) is 0. The van der Waals surface area contributed by atoms with Crippen LogP contribution in [0.5, 0.6) is 11.5 Å². The Kier molecular flexibility index (Phi) is 7.80. The number of thiazole rings is 1. The van der Waals surface area contributed by atoms with Crippen molar-refractivity contribution in [2.75, 3.05) is 27.3 Å². The summed E-state index contributed by atoms with van der Waals surface area (Å²) in [4.78, 5) is 34.6. The summed E-state index contributed by atoms with van der Waals surface area (Å²) in [5.74, 6) is 1.12. The standard InChI is InChI=1S/C27H28BrN3O4S/c1-6-30(7-2)26(33)23-16(3)29-27-31(24(23)19-10-8-9-11-21(19)35-5)25(32)22(36-27)15-17-14-18(28)12-13-20(17)34-4/h8-15,24H,6-7H2,1-5H3/b22-15+/t24-/m1/s1. The monoisotopic (exact) mass is 569 g/mol. The Hall–Kier alpha value is -3.17. The summed E-state index contributed by atoms with van der Waals surface area (Å²) in [6.07, 6.45) is 1.80. The first-order chi connectivity index (χ1) is 17.3. The summed E-state index contributed by atoms with van der Waals surface area (Å²) in [7, 11) is 3.18. The lowest BCUT2D eigenvalue weighted by Gasteiger charge is -2.29. The third-order valence-corrected chi connectivity index (χ3v) is 7.69. The van der Waals surface area contributed by atoms with Crippen LogP contribution in [0.1, 0.15) is 37.9 Å². The number of carbonyl (C=O) groups excluding carboxylic acids is 1. The van der Waals surface area contributed by atoms with Crippen molar-refractivity contribution in [2.24, 2.45) is 4.99 Å². The van der Waals surface area contributed by atoms with Crippen LogP contribution in [0.2, 0.25) is 0 Å². The van der Waals surface area contributed by atoms with Gasteiger partial charge in [-0.25, -0.2) is 4.99 Å². The molecule has 0 spiro atoms. The average molecular weight is 571 g/mol. The Morgan fingerprint density at radius 2 is 1.83 bits per heavy atom. The summed E-state index contributed by atoms with van der Waals surface area (Å²) >= 11 is 4.78. The molecule has 36 heavy (non-hydrogen) atoms. The largest absolute Gasteiger partial charge is 0.496 e. The van der Waals surface area contributed by atoms with Gasteiger partial charge < -0.3 is 14.4 Å². The van der Waals surface area contributed by atoms with E-state index in [-0.39, 0.29) is 11.5 Å². The molecule has 0 aliphatic carbocycles. The number of halogens is 1. The van der Waals surface area contributed by atoms with Gasteiger partial charge in [0.15, 0.2) is 4.80 Å². The Morgan fingerprint density at radius 1 is 1.14 bits per heavy atom. The quantitative estimate of drug-likeness (QED) is 0.433. The van der Waals surface area contributed by atoms with Gasteiger partial charge in [-0.1, -0.05) is 45.5 Å². The topological polar surface area (TPSA) is 73.1 Å². The van der Waals surface area contributed by atoms with Crippen molar-refractivity contribution in [3.8, 4) is 11.5 Å². The van der Waals surface area contributed by atoms with E-state index in [1.807, 2.05) is 63.2 Å². The maximum Gasteiger partial charge on any atom is 0.271 e. The second-order valence-corrected chi connectivity index (χ2v) is 10.1. The molecule has 7 nitrogen and oxygen atoms in total. The number of nitrogens with zero attached hydrogens (tertiary/aromatic N) is 3. The minimum atomic E-state index is -0.669. The maximum atomic E-state index is 13.9. The van der Waals surface area contributed by atoms with Crippen molar-refractivity contribution in [1.29, 1.82) is 0 Å². The van der Waals surface area contributed by atoms with Crippen molar-refractivity contribution in [2.45, 2.75) is 26.8 Å². The van der Waals surface area contributed by atoms with Gasteiger partial charge in [-0.05, 0) is 51.1 Å². The number of methoxy groups -OCH3 is 2. The molecule has 0 bridgehead atoms. The van der Waals surface area contributed by atoms with Gasteiger partial charge in [0.2, 0.25) is 0 Å². The molecule has 0 N–H and O–H groups in total. The van der Waals surface area contributed by atoms with Crippen molar-refractivity contribution >= 4 is 39.2 Å². The summed E-state index contributed by atoms with van der Waals surface area (Å²) in [6, 6.07) is 12.4. The zero-order chi connectivity index (χ0) is 26.0. The van der Waals surface area contributed by atoms with E-state index in [1.54, 1.807) is 29.8 Å². The van der Waals surface area contributed by atoms with Crippen LogP contribution in [-0.2, 0) is 4.79 Å². The number of hydrogen-bond acceptors (Lipinski definition) is 6. The fourth-order valence-electron chi connectivity index (χ4n) is 4.42. The van der Waals surface area contributed by atoms with Crippen LogP contribution in [0.3, 0.4) is 0 Å². The SMILES string of the molecule is CCN(CC)C(=O)C1=C(C)N=c2s/c(=C/c3cc(Br)ccc3OC)c(=O)n2[C@@H]1c1ccccc1OC. The molecule has 0 fully saturated rings. The van der Waals surface area contributed by atoms with Crippen LogP contribution in [0.25, 0.3) is 6.08 Å². The van der Waals surface area contributed by atoms with E-state index < -0.39 is 6.04 Å². The molecular formula is C27H28BrN3O4S. The van der Waals surface area contributed by atoms with E-state index in [2.05, 4.69) is 15.9 Å². The molecule has 188 valence electrons. The number of rotatable bonds is 7. The number of fused-ring (bicyclic) bond motifs is 1. The average Bonchev–Trinajstić information content (AvgIpc) is 3.18. The van der Waals surface area contributed by atoms with Crippen LogP contribution in [0.15, 0.2) is 68.0 Å². The predicted molar refractivity (Wildman–Crippen MR) is 145 cm³/mol. The molecule has 0 unspecified atom stereocenters. The highest BCUT2D eigenvalue weighted by molar-refractivity contribution is 9.10. The van der Waals surface area contributed by atoms with Crippen molar-refractivity contribution in [1.82, 2.24) is 9.47 Å². The molecule has 3 aromatic rings. The van der Waals surface area contributed by atoms with E-state index in [1.165, 1.54) is 11.3 Å². The molecule has 0 saturated carbocycles. The lowest BCUT2D eigenvalue weighted by molar-refractivity contribution is -0.127.